The Bertz CT molecular complexity index is 742. The molecule has 1 aliphatic rings. The number of carbonyl (C=O) groups excluding carboxylic acids is 1. The molecule has 0 saturated heterocycles. The first-order valence-electron chi connectivity index (χ1n) is 9.15. The van der Waals surface area contributed by atoms with Gasteiger partial charge in [-0.25, -0.2) is 4.99 Å². The number of rotatable bonds is 6. The van der Waals surface area contributed by atoms with Gasteiger partial charge in [-0.15, -0.1) is 11.3 Å². The minimum Gasteiger partial charge on any atom is -0.357 e. The molecule has 3 rings (SSSR count). The van der Waals surface area contributed by atoms with Gasteiger partial charge >= 0.3 is 0 Å². The van der Waals surface area contributed by atoms with Crippen LogP contribution in [0.15, 0.2) is 46.8 Å². The highest BCUT2D eigenvalue weighted by Gasteiger charge is 2.19. The number of nitrogens with zero attached hydrogens (tertiary/aromatic N) is 2. The minimum absolute atomic E-state index is 0.0787. The van der Waals surface area contributed by atoms with Crippen molar-refractivity contribution in [1.82, 2.24) is 15.5 Å². The summed E-state index contributed by atoms with van der Waals surface area (Å²) in [7, 11) is 0. The molecular formula is C20H26N4OS. The van der Waals surface area contributed by atoms with Crippen molar-refractivity contribution in [3.63, 3.8) is 0 Å². The molecule has 2 N–H and O–H groups in total. The van der Waals surface area contributed by atoms with Gasteiger partial charge < -0.3 is 15.5 Å². The number of hydrogen-bond acceptors (Lipinski definition) is 3. The molecule has 2 aromatic rings. The van der Waals surface area contributed by atoms with Crippen molar-refractivity contribution in [3.8, 4) is 0 Å². The molecule has 1 aromatic heterocycles. The zero-order valence-corrected chi connectivity index (χ0v) is 16.0. The van der Waals surface area contributed by atoms with Crippen molar-refractivity contribution in [1.29, 1.82) is 0 Å². The van der Waals surface area contributed by atoms with Crippen LogP contribution in [0.4, 0.5) is 0 Å². The molecule has 0 radical (unpaired) electrons. The van der Waals surface area contributed by atoms with E-state index in [1.54, 1.807) is 11.3 Å². The highest BCUT2D eigenvalue weighted by molar-refractivity contribution is 7.09. The van der Waals surface area contributed by atoms with Crippen LogP contribution in [0.1, 0.15) is 22.9 Å². The van der Waals surface area contributed by atoms with Crippen LogP contribution < -0.4 is 10.6 Å². The quantitative estimate of drug-likeness (QED) is 0.607. The second-order valence-corrected chi connectivity index (χ2v) is 7.32. The van der Waals surface area contributed by atoms with E-state index in [1.807, 2.05) is 17.9 Å². The van der Waals surface area contributed by atoms with E-state index in [2.05, 4.69) is 51.3 Å². The monoisotopic (exact) mass is 370 g/mol. The van der Waals surface area contributed by atoms with Gasteiger partial charge in [-0.2, -0.15) is 0 Å². The lowest BCUT2D eigenvalue weighted by Crippen LogP contribution is -2.41. The smallest absolute Gasteiger partial charge is 0.244 e. The van der Waals surface area contributed by atoms with Crippen LogP contribution in [0.3, 0.4) is 0 Å². The Morgan fingerprint density at radius 3 is 2.81 bits per heavy atom. The van der Waals surface area contributed by atoms with Gasteiger partial charge in [0.1, 0.15) is 6.54 Å². The largest absolute Gasteiger partial charge is 0.357 e. The Balaban J connectivity index is 1.51. The fourth-order valence-electron chi connectivity index (χ4n) is 3.06. The maximum Gasteiger partial charge on any atom is 0.244 e. The molecule has 0 saturated carbocycles. The molecule has 6 heteroatoms. The summed E-state index contributed by atoms with van der Waals surface area (Å²) in [6.07, 6.45) is 1.88. The highest BCUT2D eigenvalue weighted by Crippen LogP contribution is 2.18. The van der Waals surface area contributed by atoms with Crippen LogP contribution in [0.5, 0.6) is 0 Å². The summed E-state index contributed by atoms with van der Waals surface area (Å²) in [5, 5.41) is 8.60. The van der Waals surface area contributed by atoms with Gasteiger partial charge in [-0.05, 0) is 42.3 Å². The lowest BCUT2D eigenvalue weighted by atomic mass is 10.00. The number of fused-ring (bicyclic) bond motifs is 1. The Morgan fingerprint density at radius 2 is 2.04 bits per heavy atom. The predicted molar refractivity (Wildman–Crippen MR) is 108 cm³/mol. The highest BCUT2D eigenvalue weighted by atomic mass is 32.1. The van der Waals surface area contributed by atoms with Crippen LogP contribution in [-0.4, -0.2) is 42.9 Å². The first-order chi connectivity index (χ1) is 12.8. The summed E-state index contributed by atoms with van der Waals surface area (Å²) in [4.78, 5) is 20.3. The molecule has 0 spiro atoms. The number of carbonyl (C=O) groups is 1. The molecule has 0 bridgehead atoms. The maximum atomic E-state index is 12.5. The molecule has 1 amide bonds. The fraction of sp³-hybridized carbons (Fsp3) is 0.400. The maximum absolute atomic E-state index is 12.5. The first-order valence-corrected chi connectivity index (χ1v) is 10.0. The lowest BCUT2D eigenvalue weighted by molar-refractivity contribution is -0.130. The Kier molecular flexibility index (Phi) is 6.66. The molecule has 5 nitrogen and oxygen atoms in total. The topological polar surface area (TPSA) is 56.7 Å². The third kappa shape index (κ3) is 5.08. The van der Waals surface area contributed by atoms with Crippen LogP contribution in [0, 0.1) is 0 Å². The van der Waals surface area contributed by atoms with Crippen molar-refractivity contribution < 1.29 is 4.79 Å². The molecule has 2 heterocycles. The van der Waals surface area contributed by atoms with Gasteiger partial charge in [-0.1, -0.05) is 30.3 Å². The number of benzene rings is 1. The molecule has 1 aromatic carbocycles. The van der Waals surface area contributed by atoms with Gasteiger partial charge in [0.2, 0.25) is 5.91 Å². The van der Waals surface area contributed by atoms with E-state index in [0.717, 1.165) is 32.5 Å². The summed E-state index contributed by atoms with van der Waals surface area (Å²) in [5.74, 6) is 0.782. The van der Waals surface area contributed by atoms with Crippen LogP contribution in [-0.2, 0) is 24.2 Å². The molecular weight excluding hydrogens is 344 g/mol. The normalized spacial score (nSPS) is 14.0. The number of guanidine groups is 1. The minimum atomic E-state index is 0.0787. The standard InChI is InChI=1S/C20H26N4OS/c1-2-21-20(22-11-9-18-8-5-13-26-18)23-14-19(25)24-12-10-16-6-3-4-7-17(16)15-24/h3-8,13H,2,9-12,14-15H2,1H3,(H2,21,22,23). The van der Waals surface area contributed by atoms with Crippen LogP contribution in [0.25, 0.3) is 0 Å². The van der Waals surface area contributed by atoms with E-state index in [4.69, 9.17) is 0 Å². The summed E-state index contributed by atoms with van der Waals surface area (Å²) >= 11 is 1.76. The second kappa shape index (κ2) is 9.38. The Morgan fingerprint density at radius 1 is 1.19 bits per heavy atom. The van der Waals surface area contributed by atoms with Crippen LogP contribution in [0.2, 0.25) is 0 Å². The van der Waals surface area contributed by atoms with Crippen LogP contribution >= 0.6 is 11.3 Å². The van der Waals surface area contributed by atoms with Crippen molar-refractivity contribution >= 4 is 23.2 Å². The van der Waals surface area contributed by atoms with E-state index >= 15 is 0 Å². The average Bonchev–Trinajstić information content (AvgIpc) is 3.19. The Hall–Kier alpha value is -2.34. The molecule has 0 unspecified atom stereocenters. The van der Waals surface area contributed by atoms with E-state index in [9.17, 15) is 4.79 Å². The average molecular weight is 371 g/mol. The number of hydrogen-bond donors (Lipinski definition) is 2. The zero-order chi connectivity index (χ0) is 18.2. The second-order valence-electron chi connectivity index (χ2n) is 6.29. The van der Waals surface area contributed by atoms with E-state index in [0.29, 0.717) is 12.5 Å². The lowest BCUT2D eigenvalue weighted by Gasteiger charge is -2.28. The molecule has 0 atom stereocenters. The first kappa shape index (κ1) is 18.5. The van der Waals surface area contributed by atoms with Crippen molar-refractivity contribution in [3.05, 3.63) is 57.8 Å². The van der Waals surface area contributed by atoms with E-state index in [1.165, 1.54) is 16.0 Å². The summed E-state index contributed by atoms with van der Waals surface area (Å²) in [5.41, 5.74) is 2.60. The zero-order valence-electron chi connectivity index (χ0n) is 15.2. The fourth-order valence-corrected chi connectivity index (χ4v) is 3.76. The van der Waals surface area contributed by atoms with Gasteiger partial charge in [-0.3, -0.25) is 4.79 Å². The van der Waals surface area contributed by atoms with Crippen molar-refractivity contribution in [2.75, 3.05) is 26.2 Å². The summed E-state index contributed by atoms with van der Waals surface area (Å²) < 4.78 is 0. The van der Waals surface area contributed by atoms with E-state index in [-0.39, 0.29) is 12.5 Å². The Labute approximate surface area is 159 Å². The van der Waals surface area contributed by atoms with Crippen molar-refractivity contribution in [2.45, 2.75) is 26.3 Å². The third-order valence-corrected chi connectivity index (χ3v) is 5.38. The number of thiophene rings is 1. The molecule has 26 heavy (non-hydrogen) atoms. The molecule has 138 valence electrons. The van der Waals surface area contributed by atoms with Gasteiger partial charge in [0.05, 0.1) is 0 Å². The van der Waals surface area contributed by atoms with E-state index < -0.39 is 0 Å². The predicted octanol–water partition coefficient (Wildman–Crippen LogP) is 2.43. The molecule has 1 aliphatic heterocycles. The van der Waals surface area contributed by atoms with Crippen molar-refractivity contribution in [2.24, 2.45) is 4.99 Å². The number of nitrogens with one attached hydrogen (secondary N) is 2. The molecule has 0 aliphatic carbocycles. The number of aliphatic imine (C=N–C) groups is 1. The third-order valence-electron chi connectivity index (χ3n) is 4.44. The van der Waals surface area contributed by atoms with Gasteiger partial charge in [0.15, 0.2) is 5.96 Å². The van der Waals surface area contributed by atoms with Gasteiger partial charge in [0.25, 0.3) is 0 Å². The summed E-state index contributed by atoms with van der Waals surface area (Å²) in [6.45, 7) is 5.24. The number of amides is 1. The van der Waals surface area contributed by atoms with Gasteiger partial charge in [0, 0.05) is 31.1 Å². The summed E-state index contributed by atoms with van der Waals surface area (Å²) in [6, 6.07) is 12.5. The SMILES string of the molecule is CCNC(=NCC(=O)N1CCc2ccccc2C1)NCCc1cccs1. The molecule has 0 fully saturated rings.